The summed E-state index contributed by atoms with van der Waals surface area (Å²) in [6.45, 7) is 4.59. The molecule has 0 radical (unpaired) electrons. The van der Waals surface area contributed by atoms with Crippen LogP contribution in [0.3, 0.4) is 0 Å². The summed E-state index contributed by atoms with van der Waals surface area (Å²) in [7, 11) is 3.26. The van der Waals surface area contributed by atoms with Crippen LogP contribution in [-0.4, -0.2) is 39.8 Å². The molecule has 0 atom stereocenters. The second-order valence-electron chi connectivity index (χ2n) is 7.33. The van der Waals surface area contributed by atoms with Crippen molar-refractivity contribution >= 4 is 11.6 Å². The zero-order valence-electron chi connectivity index (χ0n) is 17.0. The lowest BCUT2D eigenvalue weighted by molar-refractivity contribution is -0.125. The molecular weight excluding hydrogens is 352 g/mol. The minimum atomic E-state index is 0.104. The predicted octanol–water partition coefficient (Wildman–Crippen LogP) is 3.59. The number of carbonyl (C=O) groups is 1. The van der Waals surface area contributed by atoms with Gasteiger partial charge in [-0.1, -0.05) is 23.8 Å². The SMILES string of the molecule is COc1ccc(CCNC(=O)C2CCN(c3ccc(C)cc3)CC2)cc1OC. The lowest BCUT2D eigenvalue weighted by Gasteiger charge is -2.33. The molecule has 0 saturated carbocycles. The highest BCUT2D eigenvalue weighted by atomic mass is 16.5. The molecule has 0 aliphatic carbocycles. The van der Waals surface area contributed by atoms with E-state index in [1.54, 1.807) is 14.2 Å². The molecule has 5 nitrogen and oxygen atoms in total. The number of aryl methyl sites for hydroxylation is 1. The number of carbonyl (C=O) groups excluding carboxylic acids is 1. The number of rotatable bonds is 7. The van der Waals surface area contributed by atoms with E-state index < -0.39 is 0 Å². The maximum atomic E-state index is 12.5. The minimum Gasteiger partial charge on any atom is -0.493 e. The Hall–Kier alpha value is -2.69. The van der Waals surface area contributed by atoms with Gasteiger partial charge in [-0.05, 0) is 56.0 Å². The minimum absolute atomic E-state index is 0.104. The summed E-state index contributed by atoms with van der Waals surface area (Å²) in [5.74, 6) is 1.71. The van der Waals surface area contributed by atoms with E-state index in [0.29, 0.717) is 6.54 Å². The normalized spacial score (nSPS) is 14.6. The number of hydrogen-bond donors (Lipinski definition) is 1. The van der Waals surface area contributed by atoms with Crippen LogP contribution in [0.15, 0.2) is 42.5 Å². The molecule has 2 aromatic carbocycles. The second kappa shape index (κ2) is 9.49. The summed E-state index contributed by atoms with van der Waals surface area (Å²) in [4.78, 5) is 14.9. The van der Waals surface area contributed by atoms with Crippen molar-refractivity contribution in [3.63, 3.8) is 0 Å². The molecule has 28 heavy (non-hydrogen) atoms. The van der Waals surface area contributed by atoms with Gasteiger partial charge in [-0.3, -0.25) is 4.79 Å². The molecule has 1 aliphatic heterocycles. The smallest absolute Gasteiger partial charge is 0.223 e. The molecular formula is C23H30N2O3. The average molecular weight is 383 g/mol. The van der Waals surface area contributed by atoms with E-state index in [-0.39, 0.29) is 11.8 Å². The van der Waals surface area contributed by atoms with E-state index in [1.807, 2.05) is 18.2 Å². The van der Waals surface area contributed by atoms with Crippen LogP contribution in [-0.2, 0) is 11.2 Å². The van der Waals surface area contributed by atoms with Crippen molar-refractivity contribution in [2.45, 2.75) is 26.2 Å². The van der Waals surface area contributed by atoms with Crippen molar-refractivity contribution < 1.29 is 14.3 Å². The van der Waals surface area contributed by atoms with E-state index in [9.17, 15) is 4.79 Å². The molecule has 3 rings (SSSR count). The van der Waals surface area contributed by atoms with Gasteiger partial charge in [-0.25, -0.2) is 0 Å². The summed E-state index contributed by atoms with van der Waals surface area (Å²) in [5, 5.41) is 3.10. The Morgan fingerprint density at radius 1 is 1.04 bits per heavy atom. The number of ether oxygens (including phenoxy) is 2. The van der Waals surface area contributed by atoms with Gasteiger partial charge >= 0.3 is 0 Å². The van der Waals surface area contributed by atoms with Crippen LogP contribution in [0.4, 0.5) is 5.69 Å². The monoisotopic (exact) mass is 382 g/mol. The largest absolute Gasteiger partial charge is 0.493 e. The Labute approximate surface area is 167 Å². The molecule has 1 fully saturated rings. The first kappa shape index (κ1) is 20.1. The summed E-state index contributed by atoms with van der Waals surface area (Å²) < 4.78 is 10.6. The average Bonchev–Trinajstić information content (AvgIpc) is 2.74. The van der Waals surface area contributed by atoms with Crippen molar-refractivity contribution in [2.24, 2.45) is 5.92 Å². The number of amides is 1. The van der Waals surface area contributed by atoms with Crippen LogP contribution in [0, 0.1) is 12.8 Å². The second-order valence-corrected chi connectivity index (χ2v) is 7.33. The van der Waals surface area contributed by atoms with Crippen molar-refractivity contribution in [3.05, 3.63) is 53.6 Å². The van der Waals surface area contributed by atoms with Gasteiger partial charge in [0.1, 0.15) is 0 Å². The van der Waals surface area contributed by atoms with Gasteiger partial charge in [0.25, 0.3) is 0 Å². The third-order valence-electron chi connectivity index (χ3n) is 5.43. The first-order valence-electron chi connectivity index (χ1n) is 9.91. The fraction of sp³-hybridized carbons (Fsp3) is 0.435. The lowest BCUT2D eigenvalue weighted by Crippen LogP contribution is -2.41. The van der Waals surface area contributed by atoms with Gasteiger partial charge in [-0.15, -0.1) is 0 Å². The van der Waals surface area contributed by atoms with Gasteiger partial charge in [0.2, 0.25) is 5.91 Å². The van der Waals surface area contributed by atoms with Crippen LogP contribution in [0.1, 0.15) is 24.0 Å². The van der Waals surface area contributed by atoms with Crippen LogP contribution in [0.5, 0.6) is 11.5 Å². The van der Waals surface area contributed by atoms with E-state index >= 15 is 0 Å². The summed E-state index contributed by atoms with van der Waals surface area (Å²) in [5.41, 5.74) is 3.64. The molecule has 0 spiro atoms. The molecule has 1 N–H and O–H groups in total. The highest BCUT2D eigenvalue weighted by Gasteiger charge is 2.24. The first-order chi connectivity index (χ1) is 13.6. The maximum Gasteiger partial charge on any atom is 0.223 e. The molecule has 1 amide bonds. The molecule has 150 valence electrons. The Morgan fingerprint density at radius 2 is 1.71 bits per heavy atom. The number of anilines is 1. The highest BCUT2D eigenvalue weighted by Crippen LogP contribution is 2.27. The van der Waals surface area contributed by atoms with Gasteiger partial charge in [0, 0.05) is 31.2 Å². The molecule has 0 bridgehead atoms. The fourth-order valence-corrected chi connectivity index (χ4v) is 3.67. The number of hydrogen-bond acceptors (Lipinski definition) is 4. The standard InChI is InChI=1S/C23H30N2O3/c1-17-4-7-20(8-5-17)25-14-11-19(12-15-25)23(26)24-13-10-18-6-9-21(27-2)22(16-18)28-3/h4-9,16,19H,10-15H2,1-3H3,(H,24,26). The van der Waals surface area contributed by atoms with Crippen LogP contribution >= 0.6 is 0 Å². The summed E-state index contributed by atoms with van der Waals surface area (Å²) in [6.07, 6.45) is 2.57. The number of benzene rings is 2. The quantitative estimate of drug-likeness (QED) is 0.795. The third kappa shape index (κ3) is 4.97. The van der Waals surface area contributed by atoms with Gasteiger partial charge in [0.05, 0.1) is 14.2 Å². The molecule has 1 heterocycles. The Balaban J connectivity index is 1.44. The summed E-state index contributed by atoms with van der Waals surface area (Å²) in [6, 6.07) is 14.5. The zero-order chi connectivity index (χ0) is 19.9. The molecule has 1 saturated heterocycles. The zero-order valence-corrected chi connectivity index (χ0v) is 17.0. The third-order valence-corrected chi connectivity index (χ3v) is 5.43. The van der Waals surface area contributed by atoms with Crippen molar-refractivity contribution in [1.82, 2.24) is 5.32 Å². The maximum absolute atomic E-state index is 12.5. The van der Waals surface area contributed by atoms with Crippen molar-refractivity contribution in [3.8, 4) is 11.5 Å². The van der Waals surface area contributed by atoms with E-state index in [4.69, 9.17) is 9.47 Å². The van der Waals surface area contributed by atoms with Crippen molar-refractivity contribution in [2.75, 3.05) is 38.8 Å². The number of nitrogens with zero attached hydrogens (tertiary/aromatic N) is 1. The number of piperidine rings is 1. The van der Waals surface area contributed by atoms with Gasteiger partial charge in [0.15, 0.2) is 11.5 Å². The summed E-state index contributed by atoms with van der Waals surface area (Å²) >= 11 is 0. The molecule has 5 heteroatoms. The topological polar surface area (TPSA) is 50.8 Å². The van der Waals surface area contributed by atoms with Gasteiger partial charge < -0.3 is 19.7 Å². The number of methoxy groups -OCH3 is 2. The van der Waals surface area contributed by atoms with E-state index in [0.717, 1.165) is 49.4 Å². The predicted molar refractivity (Wildman–Crippen MR) is 112 cm³/mol. The fourth-order valence-electron chi connectivity index (χ4n) is 3.67. The van der Waals surface area contributed by atoms with Crippen LogP contribution < -0.4 is 19.7 Å². The van der Waals surface area contributed by atoms with E-state index in [2.05, 4.69) is 41.4 Å². The molecule has 0 aromatic heterocycles. The Bertz CT molecular complexity index is 781. The van der Waals surface area contributed by atoms with Crippen LogP contribution in [0.2, 0.25) is 0 Å². The molecule has 0 unspecified atom stereocenters. The number of nitrogens with one attached hydrogen (secondary N) is 1. The molecule has 2 aromatic rings. The lowest BCUT2D eigenvalue weighted by atomic mass is 9.95. The van der Waals surface area contributed by atoms with Crippen LogP contribution in [0.25, 0.3) is 0 Å². The highest BCUT2D eigenvalue weighted by molar-refractivity contribution is 5.79. The van der Waals surface area contributed by atoms with E-state index in [1.165, 1.54) is 11.3 Å². The van der Waals surface area contributed by atoms with Gasteiger partial charge in [-0.2, -0.15) is 0 Å². The molecule has 1 aliphatic rings. The van der Waals surface area contributed by atoms with Crippen molar-refractivity contribution in [1.29, 1.82) is 0 Å². The Morgan fingerprint density at radius 3 is 2.36 bits per heavy atom. The Kier molecular flexibility index (Phi) is 6.80. The first-order valence-corrected chi connectivity index (χ1v) is 9.91.